The van der Waals surface area contributed by atoms with Crippen LogP contribution in [-0.2, 0) is 5.41 Å². The van der Waals surface area contributed by atoms with Crippen molar-refractivity contribution < 1.29 is 4.79 Å². The molecule has 1 fully saturated rings. The van der Waals surface area contributed by atoms with Crippen LogP contribution in [0.1, 0.15) is 32.3 Å². The minimum absolute atomic E-state index is 0.0779. The maximum Gasteiger partial charge on any atom is 0.317 e. The molecule has 0 bridgehead atoms. The first kappa shape index (κ1) is 13.3. The van der Waals surface area contributed by atoms with E-state index in [1.807, 2.05) is 18.7 Å². The van der Waals surface area contributed by atoms with Gasteiger partial charge < -0.3 is 15.5 Å². The van der Waals surface area contributed by atoms with Crippen LogP contribution in [0.4, 0.5) is 10.5 Å². The van der Waals surface area contributed by atoms with E-state index in [2.05, 4.69) is 34.9 Å². The van der Waals surface area contributed by atoms with Crippen molar-refractivity contribution in [3.8, 4) is 0 Å². The number of fused-ring (bicyclic) bond motifs is 2. The molecule has 0 aliphatic carbocycles. The zero-order valence-electron chi connectivity index (χ0n) is 12.3. The van der Waals surface area contributed by atoms with E-state index in [1.165, 1.54) is 11.3 Å². The summed E-state index contributed by atoms with van der Waals surface area (Å²) in [5, 5.41) is 6.50. The van der Waals surface area contributed by atoms with Crippen LogP contribution < -0.4 is 10.6 Å². The normalized spacial score (nSPS) is 19.9. The Labute approximate surface area is 120 Å². The lowest BCUT2D eigenvalue weighted by Gasteiger charge is -2.39. The van der Waals surface area contributed by atoms with E-state index in [0.29, 0.717) is 0 Å². The van der Waals surface area contributed by atoms with E-state index in [0.717, 1.165) is 32.5 Å². The molecule has 0 atom stereocenters. The maximum atomic E-state index is 12.1. The van der Waals surface area contributed by atoms with Crippen molar-refractivity contribution in [2.75, 3.05) is 25.0 Å². The Morgan fingerprint density at radius 2 is 2.00 bits per heavy atom. The molecule has 0 radical (unpaired) electrons. The second kappa shape index (κ2) is 5.00. The molecule has 3 rings (SSSR count). The average molecular weight is 273 g/mol. The molecule has 2 N–H and O–H groups in total. The van der Waals surface area contributed by atoms with E-state index < -0.39 is 0 Å². The van der Waals surface area contributed by atoms with Gasteiger partial charge in [-0.05, 0) is 38.3 Å². The van der Waals surface area contributed by atoms with Gasteiger partial charge in [0.2, 0.25) is 0 Å². The number of likely N-dealkylation sites (tertiary alicyclic amines) is 1. The number of nitrogens with one attached hydrogen (secondary N) is 2. The van der Waals surface area contributed by atoms with Crippen LogP contribution in [0.5, 0.6) is 0 Å². The lowest BCUT2D eigenvalue weighted by molar-refractivity contribution is 0.161. The van der Waals surface area contributed by atoms with Gasteiger partial charge in [0, 0.05) is 36.8 Å². The van der Waals surface area contributed by atoms with Crippen molar-refractivity contribution in [1.29, 1.82) is 0 Å². The number of nitrogens with zero attached hydrogens (tertiary/aromatic N) is 1. The van der Waals surface area contributed by atoms with Gasteiger partial charge in [-0.2, -0.15) is 0 Å². The Morgan fingerprint density at radius 3 is 2.70 bits per heavy atom. The number of carbonyl (C=O) groups is 1. The molecule has 2 aliphatic heterocycles. The molecular weight excluding hydrogens is 250 g/mol. The SMILES string of the molecule is CC(C)NC(=O)N1CCC2(CC1)CNc1ccccc12. The molecule has 2 heterocycles. The van der Waals surface area contributed by atoms with Gasteiger partial charge in [-0.15, -0.1) is 0 Å². The summed E-state index contributed by atoms with van der Waals surface area (Å²) >= 11 is 0. The van der Waals surface area contributed by atoms with Crippen molar-refractivity contribution in [2.45, 2.75) is 38.1 Å². The van der Waals surface area contributed by atoms with Crippen molar-refractivity contribution in [2.24, 2.45) is 0 Å². The van der Waals surface area contributed by atoms with Crippen LogP contribution in [0.2, 0.25) is 0 Å². The molecule has 2 amide bonds. The number of carbonyl (C=O) groups excluding carboxylic acids is 1. The molecule has 2 aliphatic rings. The maximum absolute atomic E-state index is 12.1. The second-order valence-corrected chi connectivity index (χ2v) is 6.27. The molecule has 4 nitrogen and oxygen atoms in total. The molecule has 108 valence electrons. The van der Waals surface area contributed by atoms with Crippen LogP contribution >= 0.6 is 0 Å². The summed E-state index contributed by atoms with van der Waals surface area (Å²) in [6, 6.07) is 8.86. The smallest absolute Gasteiger partial charge is 0.317 e. The predicted molar refractivity (Wildman–Crippen MR) is 81.1 cm³/mol. The molecule has 0 aromatic heterocycles. The Hall–Kier alpha value is -1.71. The van der Waals surface area contributed by atoms with Gasteiger partial charge in [-0.3, -0.25) is 0 Å². The molecular formula is C16H23N3O. The zero-order valence-corrected chi connectivity index (χ0v) is 12.3. The van der Waals surface area contributed by atoms with Crippen molar-refractivity contribution >= 4 is 11.7 Å². The predicted octanol–water partition coefficient (Wildman–Crippen LogP) is 2.56. The number of urea groups is 1. The summed E-state index contributed by atoms with van der Waals surface area (Å²) in [5.41, 5.74) is 2.93. The summed E-state index contributed by atoms with van der Waals surface area (Å²) in [7, 11) is 0. The topological polar surface area (TPSA) is 44.4 Å². The minimum Gasteiger partial charge on any atom is -0.384 e. The van der Waals surface area contributed by atoms with E-state index in [1.54, 1.807) is 0 Å². The van der Waals surface area contributed by atoms with Crippen molar-refractivity contribution in [3.63, 3.8) is 0 Å². The molecule has 4 heteroatoms. The summed E-state index contributed by atoms with van der Waals surface area (Å²) in [6.07, 6.45) is 2.09. The monoisotopic (exact) mass is 273 g/mol. The third-order valence-electron chi connectivity index (χ3n) is 4.54. The third-order valence-corrected chi connectivity index (χ3v) is 4.54. The number of rotatable bonds is 1. The molecule has 1 aromatic rings. The Kier molecular flexibility index (Phi) is 3.32. The summed E-state index contributed by atoms with van der Waals surface area (Å²) in [6.45, 7) is 6.69. The number of para-hydroxylation sites is 1. The molecule has 1 spiro atoms. The number of amides is 2. The fraction of sp³-hybridized carbons (Fsp3) is 0.562. The van der Waals surface area contributed by atoms with E-state index in [4.69, 9.17) is 0 Å². The Balaban J connectivity index is 1.69. The highest BCUT2D eigenvalue weighted by atomic mass is 16.2. The summed E-state index contributed by atoms with van der Waals surface area (Å²) in [5.74, 6) is 0. The number of hydrogen-bond donors (Lipinski definition) is 2. The van der Waals surface area contributed by atoms with Gasteiger partial charge in [-0.1, -0.05) is 18.2 Å². The fourth-order valence-electron chi connectivity index (χ4n) is 3.38. The van der Waals surface area contributed by atoms with Crippen LogP contribution in [0.3, 0.4) is 0 Å². The first-order valence-corrected chi connectivity index (χ1v) is 7.50. The lowest BCUT2D eigenvalue weighted by Crippen LogP contribution is -2.50. The van der Waals surface area contributed by atoms with Crippen LogP contribution in [0, 0.1) is 0 Å². The van der Waals surface area contributed by atoms with Gasteiger partial charge in [0.1, 0.15) is 0 Å². The van der Waals surface area contributed by atoms with Crippen LogP contribution in [0.25, 0.3) is 0 Å². The highest BCUT2D eigenvalue weighted by Crippen LogP contribution is 2.43. The molecule has 20 heavy (non-hydrogen) atoms. The first-order valence-electron chi connectivity index (χ1n) is 7.50. The molecule has 1 aromatic carbocycles. The van der Waals surface area contributed by atoms with Crippen LogP contribution in [0.15, 0.2) is 24.3 Å². The van der Waals surface area contributed by atoms with Crippen molar-refractivity contribution in [1.82, 2.24) is 10.2 Å². The minimum atomic E-state index is 0.0779. The van der Waals surface area contributed by atoms with Crippen molar-refractivity contribution in [3.05, 3.63) is 29.8 Å². The largest absolute Gasteiger partial charge is 0.384 e. The number of anilines is 1. The highest BCUT2D eigenvalue weighted by molar-refractivity contribution is 5.74. The fourth-order valence-corrected chi connectivity index (χ4v) is 3.38. The van der Waals surface area contributed by atoms with E-state index in [9.17, 15) is 4.79 Å². The van der Waals surface area contributed by atoms with E-state index in [-0.39, 0.29) is 17.5 Å². The van der Waals surface area contributed by atoms with Gasteiger partial charge in [-0.25, -0.2) is 4.79 Å². The number of piperidine rings is 1. The Morgan fingerprint density at radius 1 is 1.30 bits per heavy atom. The van der Waals surface area contributed by atoms with Gasteiger partial charge in [0.15, 0.2) is 0 Å². The zero-order chi connectivity index (χ0) is 14.2. The van der Waals surface area contributed by atoms with Gasteiger partial charge in [0.05, 0.1) is 0 Å². The highest BCUT2D eigenvalue weighted by Gasteiger charge is 2.41. The lowest BCUT2D eigenvalue weighted by atomic mass is 9.74. The standard InChI is InChI=1S/C16H23N3O/c1-12(2)18-15(20)19-9-7-16(8-10-19)11-17-14-6-4-3-5-13(14)16/h3-6,12,17H,7-11H2,1-2H3,(H,18,20). The second-order valence-electron chi connectivity index (χ2n) is 6.27. The average Bonchev–Trinajstić information content (AvgIpc) is 2.78. The number of benzene rings is 1. The number of hydrogen-bond acceptors (Lipinski definition) is 2. The molecule has 0 unspecified atom stereocenters. The quantitative estimate of drug-likeness (QED) is 0.826. The molecule has 0 saturated carbocycles. The Bertz CT molecular complexity index is 504. The summed E-state index contributed by atoms with van der Waals surface area (Å²) in [4.78, 5) is 14.0. The molecule has 1 saturated heterocycles. The third kappa shape index (κ3) is 2.23. The van der Waals surface area contributed by atoms with Gasteiger partial charge >= 0.3 is 6.03 Å². The van der Waals surface area contributed by atoms with Crippen LogP contribution in [-0.4, -0.2) is 36.6 Å². The first-order chi connectivity index (χ1) is 9.61. The summed E-state index contributed by atoms with van der Waals surface area (Å²) < 4.78 is 0. The van der Waals surface area contributed by atoms with E-state index >= 15 is 0 Å². The van der Waals surface area contributed by atoms with Gasteiger partial charge in [0.25, 0.3) is 0 Å².